The smallest absolute Gasteiger partial charge is 0.0644 e. The molecule has 0 aliphatic carbocycles. The molecule has 0 unspecified atom stereocenters. The van der Waals surface area contributed by atoms with E-state index in [9.17, 15) is 0 Å². The molecule has 0 bridgehead atoms. The summed E-state index contributed by atoms with van der Waals surface area (Å²) in [4.78, 5) is 13.4. The van der Waals surface area contributed by atoms with Crippen LogP contribution in [0.15, 0.2) is 110 Å². The highest BCUT2D eigenvalue weighted by Crippen LogP contribution is 2.60. The molecule has 0 amide bonds. The van der Waals surface area contributed by atoms with Crippen molar-refractivity contribution in [2.24, 2.45) is 0 Å². The zero-order valence-electron chi connectivity index (χ0n) is 22.2. The maximum Gasteiger partial charge on any atom is 0.0644 e. The molecular weight excluding hydrogens is 464 g/mol. The molecule has 0 N–H and O–H groups in total. The van der Waals surface area contributed by atoms with Crippen molar-refractivity contribution in [3.8, 4) is 0 Å². The normalized spacial score (nSPS) is 15.7. The number of benzene rings is 3. The highest BCUT2D eigenvalue weighted by atomic mass is 15.2. The second kappa shape index (κ2) is 8.03. The summed E-state index contributed by atoms with van der Waals surface area (Å²) < 4.78 is 0. The Morgan fingerprint density at radius 2 is 1.24 bits per heavy atom. The van der Waals surface area contributed by atoms with E-state index in [-0.39, 0.29) is 10.8 Å². The van der Waals surface area contributed by atoms with Gasteiger partial charge in [0.2, 0.25) is 0 Å². The number of hydrogen-bond acceptors (Lipinski definition) is 4. The van der Waals surface area contributed by atoms with Gasteiger partial charge in [-0.25, -0.2) is 0 Å². The summed E-state index contributed by atoms with van der Waals surface area (Å²) in [6.07, 6.45) is 7.40. The lowest BCUT2D eigenvalue weighted by atomic mass is 9.66. The van der Waals surface area contributed by atoms with Gasteiger partial charge in [0.1, 0.15) is 0 Å². The molecule has 2 aliphatic heterocycles. The van der Waals surface area contributed by atoms with Crippen LogP contribution in [0.3, 0.4) is 0 Å². The summed E-state index contributed by atoms with van der Waals surface area (Å²) in [5.41, 5.74) is 12.1. The number of anilines is 6. The topological polar surface area (TPSA) is 32.3 Å². The van der Waals surface area contributed by atoms with Gasteiger partial charge in [-0.15, -0.1) is 0 Å². The SMILES string of the molecule is CC1(C)c2ccccc2N2c3ccc(N(c4ccncc4)c4cccnc4)cc3C(C)(C)c3cccc1c32. The second-order valence-corrected chi connectivity index (χ2v) is 11.3. The van der Waals surface area contributed by atoms with E-state index in [0.717, 1.165) is 17.1 Å². The van der Waals surface area contributed by atoms with Crippen LogP contribution in [0.4, 0.5) is 34.1 Å². The molecule has 0 fully saturated rings. The van der Waals surface area contributed by atoms with Crippen molar-refractivity contribution >= 4 is 34.1 Å². The molecule has 2 aromatic heterocycles. The molecule has 0 radical (unpaired) electrons. The van der Waals surface area contributed by atoms with Crippen molar-refractivity contribution in [3.63, 3.8) is 0 Å². The van der Waals surface area contributed by atoms with E-state index in [1.165, 1.54) is 39.3 Å². The number of para-hydroxylation sites is 2. The van der Waals surface area contributed by atoms with Crippen LogP contribution in [-0.2, 0) is 10.8 Å². The van der Waals surface area contributed by atoms with Gasteiger partial charge >= 0.3 is 0 Å². The Morgan fingerprint density at radius 3 is 1.97 bits per heavy atom. The minimum Gasteiger partial charge on any atom is -0.309 e. The van der Waals surface area contributed by atoms with Gasteiger partial charge in [0.25, 0.3) is 0 Å². The van der Waals surface area contributed by atoms with Crippen LogP contribution in [0.5, 0.6) is 0 Å². The van der Waals surface area contributed by atoms with Crippen LogP contribution in [0.1, 0.15) is 49.9 Å². The van der Waals surface area contributed by atoms with E-state index in [4.69, 9.17) is 0 Å². The summed E-state index contributed by atoms with van der Waals surface area (Å²) >= 11 is 0. The summed E-state index contributed by atoms with van der Waals surface area (Å²) in [6.45, 7) is 9.42. The van der Waals surface area contributed by atoms with Crippen LogP contribution >= 0.6 is 0 Å². The Hall–Kier alpha value is -4.44. The molecule has 0 saturated heterocycles. The van der Waals surface area contributed by atoms with Gasteiger partial charge < -0.3 is 9.80 Å². The van der Waals surface area contributed by atoms with Gasteiger partial charge in [-0.3, -0.25) is 9.97 Å². The maximum absolute atomic E-state index is 4.42. The van der Waals surface area contributed by atoms with E-state index in [1.807, 2.05) is 43.0 Å². The van der Waals surface area contributed by atoms with Crippen LogP contribution < -0.4 is 9.80 Å². The van der Waals surface area contributed by atoms with Crippen LogP contribution in [-0.4, -0.2) is 9.97 Å². The zero-order valence-corrected chi connectivity index (χ0v) is 22.2. The van der Waals surface area contributed by atoms with Crippen molar-refractivity contribution in [1.29, 1.82) is 0 Å². The molecule has 7 rings (SSSR count). The highest BCUT2D eigenvalue weighted by Gasteiger charge is 2.45. The minimum atomic E-state index is -0.186. The quantitative estimate of drug-likeness (QED) is 0.251. The fourth-order valence-electron chi connectivity index (χ4n) is 6.44. The maximum atomic E-state index is 4.42. The van der Waals surface area contributed by atoms with Gasteiger partial charge in [-0.05, 0) is 70.8 Å². The average Bonchev–Trinajstić information content (AvgIpc) is 2.94. The lowest BCUT2D eigenvalue weighted by Crippen LogP contribution is -2.38. The Balaban J connectivity index is 1.49. The molecule has 0 atom stereocenters. The number of hydrogen-bond donors (Lipinski definition) is 0. The molecule has 4 heterocycles. The minimum absolute atomic E-state index is 0.0790. The van der Waals surface area contributed by atoms with E-state index >= 15 is 0 Å². The third-order valence-electron chi connectivity index (χ3n) is 8.40. The zero-order chi connectivity index (χ0) is 26.1. The first-order valence-corrected chi connectivity index (χ1v) is 13.2. The van der Waals surface area contributed by atoms with Gasteiger partial charge in [0.15, 0.2) is 0 Å². The van der Waals surface area contributed by atoms with Gasteiger partial charge in [0.05, 0.1) is 28.9 Å². The first-order valence-electron chi connectivity index (χ1n) is 13.2. The predicted molar refractivity (Wildman–Crippen MR) is 156 cm³/mol. The molecule has 3 aromatic carbocycles. The molecule has 0 spiro atoms. The molecule has 4 nitrogen and oxygen atoms in total. The van der Waals surface area contributed by atoms with Crippen molar-refractivity contribution in [3.05, 3.63) is 132 Å². The first kappa shape index (κ1) is 22.7. The summed E-state index contributed by atoms with van der Waals surface area (Å²) in [5, 5.41) is 0. The molecule has 5 aromatic rings. The fraction of sp³-hybridized carbons (Fsp3) is 0.176. The number of pyridine rings is 2. The molecule has 0 saturated carbocycles. The average molecular weight is 495 g/mol. The first-order chi connectivity index (χ1) is 18.4. The van der Waals surface area contributed by atoms with Gasteiger partial charge in [-0.1, -0.05) is 64.1 Å². The van der Waals surface area contributed by atoms with Gasteiger partial charge in [0, 0.05) is 40.8 Å². The fourth-order valence-corrected chi connectivity index (χ4v) is 6.44. The predicted octanol–water partition coefficient (Wildman–Crippen LogP) is 8.69. The summed E-state index contributed by atoms with van der Waals surface area (Å²) in [5.74, 6) is 0. The Kier molecular flexibility index (Phi) is 4.80. The lowest BCUT2D eigenvalue weighted by molar-refractivity contribution is 0.597. The monoisotopic (exact) mass is 494 g/mol. The van der Waals surface area contributed by atoms with Crippen LogP contribution in [0.2, 0.25) is 0 Å². The lowest BCUT2D eigenvalue weighted by Gasteiger charge is -2.49. The van der Waals surface area contributed by atoms with Crippen molar-refractivity contribution < 1.29 is 0 Å². The standard InChI is InChI=1S/C34H30N4/c1-33(2)26-10-5-6-13-30(26)38-31-15-14-24(21-29(31)34(3,4)28-12-7-11-27(33)32(28)38)37(23-16-19-35-20-17-23)25-9-8-18-36-22-25/h5-22H,1-4H3. The number of aromatic nitrogens is 2. The third kappa shape index (κ3) is 3.10. The number of fused-ring (bicyclic) bond motifs is 4. The van der Waals surface area contributed by atoms with Crippen LogP contribution in [0, 0.1) is 0 Å². The number of rotatable bonds is 3. The second-order valence-electron chi connectivity index (χ2n) is 11.3. The van der Waals surface area contributed by atoms with E-state index in [0.29, 0.717) is 0 Å². The largest absolute Gasteiger partial charge is 0.309 e. The Bertz CT molecular complexity index is 1630. The third-order valence-corrected chi connectivity index (χ3v) is 8.40. The Labute approximate surface area is 224 Å². The van der Waals surface area contributed by atoms with Crippen LogP contribution in [0.25, 0.3) is 0 Å². The molecule has 2 aliphatic rings. The van der Waals surface area contributed by atoms with Gasteiger partial charge in [-0.2, -0.15) is 0 Å². The molecular formula is C34H30N4. The van der Waals surface area contributed by atoms with Crippen molar-refractivity contribution in [2.45, 2.75) is 38.5 Å². The van der Waals surface area contributed by atoms with E-state index in [2.05, 4.69) is 114 Å². The number of nitrogens with zero attached hydrogens (tertiary/aromatic N) is 4. The highest BCUT2D eigenvalue weighted by molar-refractivity contribution is 5.93. The van der Waals surface area contributed by atoms with E-state index < -0.39 is 0 Å². The molecule has 186 valence electrons. The summed E-state index contributed by atoms with van der Waals surface area (Å²) in [6, 6.07) is 30.8. The Morgan fingerprint density at radius 1 is 0.553 bits per heavy atom. The summed E-state index contributed by atoms with van der Waals surface area (Å²) in [7, 11) is 0. The van der Waals surface area contributed by atoms with Crippen molar-refractivity contribution in [2.75, 3.05) is 9.80 Å². The molecule has 4 heteroatoms. The van der Waals surface area contributed by atoms with Crippen molar-refractivity contribution in [1.82, 2.24) is 9.97 Å². The van der Waals surface area contributed by atoms with E-state index in [1.54, 1.807) is 0 Å². The molecule has 38 heavy (non-hydrogen) atoms.